The second kappa shape index (κ2) is 7.09. The Morgan fingerprint density at radius 1 is 1.00 bits per heavy atom. The number of benzene rings is 2. The maximum absolute atomic E-state index is 13.3. The molecule has 0 fully saturated rings. The highest BCUT2D eigenvalue weighted by molar-refractivity contribution is 7.12. The van der Waals surface area contributed by atoms with E-state index in [1.807, 2.05) is 57.2 Å². The molecule has 0 aliphatic carbocycles. The molecule has 28 heavy (non-hydrogen) atoms. The fourth-order valence-corrected chi connectivity index (χ4v) is 3.80. The van der Waals surface area contributed by atoms with E-state index in [0.29, 0.717) is 21.4 Å². The summed E-state index contributed by atoms with van der Waals surface area (Å²) in [6, 6.07) is 14.7. The van der Waals surface area contributed by atoms with Crippen molar-refractivity contribution in [3.8, 4) is 17.1 Å². The van der Waals surface area contributed by atoms with Gasteiger partial charge in [0.1, 0.15) is 10.5 Å². The monoisotopic (exact) mass is 390 g/mol. The number of thiophene rings is 1. The van der Waals surface area contributed by atoms with Gasteiger partial charge in [-0.05, 0) is 49.4 Å². The number of hydrogen-bond donors (Lipinski definition) is 0. The molecule has 0 unspecified atom stereocenters. The molecular formula is C23H18O4S. The van der Waals surface area contributed by atoms with E-state index >= 15 is 0 Å². The molecule has 4 aromatic rings. The standard InChI is InChI=1S/C23H18O4S/c1-13-6-8-16(9-7-13)21-22(27-23(25)18-5-4-10-28-18)20(24)19-15(3)11-14(2)12-17(19)26-21/h4-12H,1-3H3. The lowest BCUT2D eigenvalue weighted by atomic mass is 10.0. The highest BCUT2D eigenvalue weighted by atomic mass is 32.1. The van der Waals surface area contributed by atoms with Crippen molar-refractivity contribution < 1.29 is 13.9 Å². The van der Waals surface area contributed by atoms with Gasteiger partial charge in [0, 0.05) is 5.56 Å². The minimum Gasteiger partial charge on any atom is -0.452 e. The maximum atomic E-state index is 13.3. The van der Waals surface area contributed by atoms with Gasteiger partial charge in [-0.2, -0.15) is 0 Å². The number of esters is 1. The smallest absolute Gasteiger partial charge is 0.353 e. The number of ether oxygens (including phenoxy) is 1. The summed E-state index contributed by atoms with van der Waals surface area (Å²) in [6.07, 6.45) is 0. The molecule has 0 spiro atoms. The van der Waals surface area contributed by atoms with Crippen LogP contribution in [0, 0.1) is 20.8 Å². The lowest BCUT2D eigenvalue weighted by Gasteiger charge is -2.12. The molecule has 4 nitrogen and oxygen atoms in total. The van der Waals surface area contributed by atoms with Gasteiger partial charge in [0.05, 0.1) is 5.39 Å². The molecule has 5 heteroatoms. The van der Waals surface area contributed by atoms with Crippen LogP contribution < -0.4 is 10.2 Å². The third kappa shape index (κ3) is 3.25. The molecule has 2 aromatic carbocycles. The van der Waals surface area contributed by atoms with E-state index in [-0.39, 0.29) is 16.9 Å². The van der Waals surface area contributed by atoms with Crippen molar-refractivity contribution in [3.05, 3.63) is 85.7 Å². The van der Waals surface area contributed by atoms with Crippen molar-refractivity contribution in [1.29, 1.82) is 0 Å². The summed E-state index contributed by atoms with van der Waals surface area (Å²) in [7, 11) is 0. The molecular weight excluding hydrogens is 372 g/mol. The first kappa shape index (κ1) is 18.2. The normalized spacial score (nSPS) is 11.0. The summed E-state index contributed by atoms with van der Waals surface area (Å²) in [5.41, 5.74) is 3.67. The van der Waals surface area contributed by atoms with E-state index in [9.17, 15) is 9.59 Å². The third-order valence-corrected chi connectivity index (χ3v) is 5.38. The largest absolute Gasteiger partial charge is 0.452 e. The Morgan fingerprint density at radius 3 is 2.43 bits per heavy atom. The van der Waals surface area contributed by atoms with Crippen LogP contribution in [0.1, 0.15) is 26.4 Å². The third-order valence-electron chi connectivity index (χ3n) is 4.53. The van der Waals surface area contributed by atoms with Crippen LogP contribution in [0.4, 0.5) is 0 Å². The van der Waals surface area contributed by atoms with Gasteiger partial charge in [-0.15, -0.1) is 11.3 Å². The predicted molar refractivity (Wildman–Crippen MR) is 111 cm³/mol. The van der Waals surface area contributed by atoms with E-state index in [1.54, 1.807) is 17.5 Å². The first-order valence-corrected chi connectivity index (χ1v) is 9.73. The van der Waals surface area contributed by atoms with Crippen LogP contribution >= 0.6 is 11.3 Å². The van der Waals surface area contributed by atoms with Gasteiger partial charge >= 0.3 is 5.97 Å². The Hall–Kier alpha value is -3.18. The number of hydrogen-bond acceptors (Lipinski definition) is 5. The summed E-state index contributed by atoms with van der Waals surface area (Å²) in [6.45, 7) is 5.77. The van der Waals surface area contributed by atoms with Gasteiger partial charge in [0.25, 0.3) is 0 Å². The minimum absolute atomic E-state index is 0.0818. The number of carbonyl (C=O) groups is 1. The zero-order valence-corrected chi connectivity index (χ0v) is 16.6. The van der Waals surface area contributed by atoms with Crippen LogP contribution in [0.25, 0.3) is 22.3 Å². The fourth-order valence-electron chi connectivity index (χ4n) is 3.20. The average Bonchev–Trinajstić information content (AvgIpc) is 3.18. The summed E-state index contributed by atoms with van der Waals surface area (Å²) in [4.78, 5) is 26.3. The zero-order chi connectivity index (χ0) is 19.8. The lowest BCUT2D eigenvalue weighted by molar-refractivity contribution is 0.0736. The van der Waals surface area contributed by atoms with Crippen LogP contribution in [0.3, 0.4) is 0 Å². The Labute approximate surface area is 166 Å². The topological polar surface area (TPSA) is 56.5 Å². The second-order valence-corrected chi connectivity index (χ2v) is 7.72. The van der Waals surface area contributed by atoms with Gasteiger partial charge in [-0.1, -0.05) is 42.0 Å². The molecule has 0 aliphatic rings. The van der Waals surface area contributed by atoms with E-state index in [4.69, 9.17) is 9.15 Å². The highest BCUT2D eigenvalue weighted by Gasteiger charge is 2.22. The predicted octanol–water partition coefficient (Wildman–Crippen LogP) is 5.67. The summed E-state index contributed by atoms with van der Waals surface area (Å²) < 4.78 is 11.7. The van der Waals surface area contributed by atoms with E-state index in [2.05, 4.69) is 0 Å². The molecule has 140 valence electrons. The molecule has 0 radical (unpaired) electrons. The Balaban J connectivity index is 1.97. The van der Waals surface area contributed by atoms with Crippen molar-refractivity contribution in [2.24, 2.45) is 0 Å². The van der Waals surface area contributed by atoms with Crippen LogP contribution in [0.5, 0.6) is 5.75 Å². The van der Waals surface area contributed by atoms with Crippen LogP contribution in [-0.4, -0.2) is 5.97 Å². The SMILES string of the molecule is Cc1ccc(-c2oc3cc(C)cc(C)c3c(=O)c2OC(=O)c2cccs2)cc1. The van der Waals surface area contributed by atoms with Gasteiger partial charge < -0.3 is 9.15 Å². The van der Waals surface area contributed by atoms with Crippen LogP contribution in [0.15, 0.2) is 63.1 Å². The van der Waals surface area contributed by atoms with Crippen molar-refractivity contribution in [2.75, 3.05) is 0 Å². The molecule has 0 atom stereocenters. The number of fused-ring (bicyclic) bond motifs is 1. The molecule has 0 aliphatic heterocycles. The van der Waals surface area contributed by atoms with E-state index in [1.165, 1.54) is 11.3 Å². The Kier molecular flexibility index (Phi) is 4.61. The molecule has 0 saturated carbocycles. The Bertz CT molecular complexity index is 1230. The number of rotatable bonds is 3. The summed E-state index contributed by atoms with van der Waals surface area (Å²) in [5.74, 6) is -0.395. The molecule has 0 bridgehead atoms. The van der Waals surface area contributed by atoms with Crippen molar-refractivity contribution >= 4 is 28.3 Å². The summed E-state index contributed by atoms with van der Waals surface area (Å²) in [5, 5.41) is 2.21. The lowest BCUT2D eigenvalue weighted by Crippen LogP contribution is -2.16. The second-order valence-electron chi connectivity index (χ2n) is 6.78. The quantitative estimate of drug-likeness (QED) is 0.423. The van der Waals surface area contributed by atoms with Gasteiger partial charge in [-0.3, -0.25) is 4.79 Å². The summed E-state index contributed by atoms with van der Waals surface area (Å²) >= 11 is 1.26. The molecule has 0 amide bonds. The van der Waals surface area contributed by atoms with Gasteiger partial charge in [0.15, 0.2) is 5.76 Å². The highest BCUT2D eigenvalue weighted by Crippen LogP contribution is 2.33. The molecule has 0 saturated heterocycles. The Morgan fingerprint density at radius 2 is 1.75 bits per heavy atom. The zero-order valence-electron chi connectivity index (χ0n) is 15.7. The molecule has 0 N–H and O–H groups in total. The van der Waals surface area contributed by atoms with Crippen molar-refractivity contribution in [2.45, 2.75) is 20.8 Å². The minimum atomic E-state index is -0.570. The number of carbonyl (C=O) groups excluding carboxylic acids is 1. The van der Waals surface area contributed by atoms with E-state index < -0.39 is 5.97 Å². The van der Waals surface area contributed by atoms with Gasteiger partial charge in [0.2, 0.25) is 11.2 Å². The van der Waals surface area contributed by atoms with Crippen LogP contribution in [0.2, 0.25) is 0 Å². The number of aryl methyl sites for hydroxylation is 3. The van der Waals surface area contributed by atoms with Crippen LogP contribution in [-0.2, 0) is 0 Å². The maximum Gasteiger partial charge on any atom is 0.353 e. The first-order valence-electron chi connectivity index (χ1n) is 8.85. The van der Waals surface area contributed by atoms with E-state index in [0.717, 1.165) is 16.7 Å². The van der Waals surface area contributed by atoms with Gasteiger partial charge in [-0.25, -0.2) is 4.79 Å². The molecule has 2 heterocycles. The molecule has 4 rings (SSSR count). The van der Waals surface area contributed by atoms with Crippen molar-refractivity contribution in [1.82, 2.24) is 0 Å². The molecule has 2 aromatic heterocycles. The fraction of sp³-hybridized carbons (Fsp3) is 0.130. The average molecular weight is 390 g/mol. The van der Waals surface area contributed by atoms with Crippen molar-refractivity contribution in [3.63, 3.8) is 0 Å². The first-order chi connectivity index (χ1) is 13.4.